The zero-order chi connectivity index (χ0) is 21.4. The summed E-state index contributed by atoms with van der Waals surface area (Å²) in [6.45, 7) is 3.04. The van der Waals surface area contributed by atoms with Crippen molar-refractivity contribution in [1.29, 1.82) is 0 Å². The molecule has 1 fully saturated rings. The number of aromatic nitrogens is 5. The maximum absolute atomic E-state index is 12.6. The van der Waals surface area contributed by atoms with E-state index in [1.807, 2.05) is 17.0 Å². The molecule has 2 amide bonds. The molecule has 2 aliphatic rings. The molecule has 3 aromatic rings. The molecule has 10 nitrogen and oxygen atoms in total. The van der Waals surface area contributed by atoms with Gasteiger partial charge >= 0.3 is 0 Å². The van der Waals surface area contributed by atoms with Crippen molar-refractivity contribution in [2.75, 3.05) is 13.1 Å². The van der Waals surface area contributed by atoms with E-state index in [1.54, 1.807) is 17.8 Å². The molecule has 0 bridgehead atoms. The molecule has 0 unspecified atom stereocenters. The van der Waals surface area contributed by atoms with Gasteiger partial charge in [0.1, 0.15) is 0 Å². The van der Waals surface area contributed by atoms with Gasteiger partial charge in [-0.2, -0.15) is 4.98 Å². The maximum atomic E-state index is 12.6. The van der Waals surface area contributed by atoms with E-state index in [0.29, 0.717) is 37.0 Å². The van der Waals surface area contributed by atoms with Gasteiger partial charge in [0.05, 0.1) is 24.7 Å². The molecule has 1 N–H and O–H groups in total. The van der Waals surface area contributed by atoms with E-state index in [2.05, 4.69) is 37.9 Å². The lowest BCUT2D eigenvalue weighted by molar-refractivity contribution is -0.130. The third kappa shape index (κ3) is 3.80. The summed E-state index contributed by atoms with van der Waals surface area (Å²) in [4.78, 5) is 31.3. The Balaban J connectivity index is 1.14. The number of nitrogens with one attached hydrogen (secondary N) is 1. The van der Waals surface area contributed by atoms with Gasteiger partial charge in [0.2, 0.25) is 11.8 Å². The van der Waals surface area contributed by atoms with Crippen LogP contribution >= 0.6 is 0 Å². The molecular formula is C21H23N7O3. The molecule has 31 heavy (non-hydrogen) atoms. The van der Waals surface area contributed by atoms with Crippen molar-refractivity contribution in [3.63, 3.8) is 0 Å². The molecule has 3 heterocycles. The van der Waals surface area contributed by atoms with Gasteiger partial charge in [-0.3, -0.25) is 9.59 Å². The number of fused-ring (bicyclic) bond motifs is 1. The summed E-state index contributed by atoms with van der Waals surface area (Å²) in [5, 5.41) is 14.7. The summed E-state index contributed by atoms with van der Waals surface area (Å²) in [5.41, 5.74) is 3.01. The minimum Gasteiger partial charge on any atom is -0.354 e. The highest BCUT2D eigenvalue weighted by atomic mass is 16.5. The molecule has 1 aliphatic carbocycles. The van der Waals surface area contributed by atoms with Crippen LogP contribution in [0.15, 0.2) is 35.0 Å². The second kappa shape index (κ2) is 7.93. The number of aryl methyl sites for hydroxylation is 2. The summed E-state index contributed by atoms with van der Waals surface area (Å²) in [6, 6.07) is 8.34. The molecule has 2 atom stereocenters. The van der Waals surface area contributed by atoms with E-state index >= 15 is 0 Å². The lowest BCUT2D eigenvalue weighted by Crippen LogP contribution is -2.35. The highest BCUT2D eigenvalue weighted by molar-refractivity contribution is 5.89. The molecular weight excluding hydrogens is 398 g/mol. The van der Waals surface area contributed by atoms with Gasteiger partial charge in [0.15, 0.2) is 11.5 Å². The average Bonchev–Trinajstić information content (AvgIpc) is 3.54. The van der Waals surface area contributed by atoms with Crippen molar-refractivity contribution in [3.8, 4) is 11.6 Å². The second-order valence-electron chi connectivity index (χ2n) is 8.01. The van der Waals surface area contributed by atoms with Crippen LogP contribution in [0.2, 0.25) is 0 Å². The van der Waals surface area contributed by atoms with Crippen LogP contribution in [0.4, 0.5) is 0 Å². The number of carbonyl (C=O) groups is 2. The molecule has 2 aromatic heterocycles. The van der Waals surface area contributed by atoms with Crippen LogP contribution < -0.4 is 5.32 Å². The first kappa shape index (κ1) is 19.4. The van der Waals surface area contributed by atoms with E-state index in [1.165, 1.54) is 11.1 Å². The number of likely N-dealkylation sites (tertiary alicyclic amines) is 1. The first-order chi connectivity index (χ1) is 15.1. The SMILES string of the molecule is Cc1noc(-c2cn(CCNC(=O)[C@@H]3CC(=O)N([C@H]4CCc5ccccc54)C3)nn2)n1. The van der Waals surface area contributed by atoms with Crippen molar-refractivity contribution >= 4 is 11.8 Å². The van der Waals surface area contributed by atoms with Crippen LogP contribution in [-0.2, 0) is 22.6 Å². The van der Waals surface area contributed by atoms with Crippen LogP contribution in [0.3, 0.4) is 0 Å². The van der Waals surface area contributed by atoms with Crippen LogP contribution in [0.1, 0.15) is 35.8 Å². The Labute approximate surface area is 178 Å². The largest absolute Gasteiger partial charge is 0.354 e. The van der Waals surface area contributed by atoms with Crippen molar-refractivity contribution < 1.29 is 14.1 Å². The number of nitrogens with zero attached hydrogens (tertiary/aromatic N) is 6. The van der Waals surface area contributed by atoms with Crippen molar-refractivity contribution in [2.24, 2.45) is 5.92 Å². The number of hydrogen-bond acceptors (Lipinski definition) is 7. The number of amides is 2. The fraction of sp³-hybridized carbons (Fsp3) is 0.429. The van der Waals surface area contributed by atoms with Crippen LogP contribution in [-0.4, -0.2) is 54.9 Å². The zero-order valence-electron chi connectivity index (χ0n) is 17.2. The standard InChI is InChI=1S/C21H23N7O3/c1-13-23-21(31-25-13)17-12-27(26-24-17)9-8-22-20(30)15-10-19(29)28(11-15)18-7-6-14-4-2-3-5-16(14)18/h2-5,12,15,18H,6-11H2,1H3,(H,22,30)/t15-,18+/m1/s1. The maximum Gasteiger partial charge on any atom is 0.280 e. The lowest BCUT2D eigenvalue weighted by Gasteiger charge is -2.25. The first-order valence-electron chi connectivity index (χ1n) is 10.4. The Morgan fingerprint density at radius 2 is 2.19 bits per heavy atom. The van der Waals surface area contributed by atoms with Gasteiger partial charge in [0, 0.05) is 19.5 Å². The fourth-order valence-electron chi connectivity index (χ4n) is 4.41. The van der Waals surface area contributed by atoms with Crippen molar-refractivity contribution in [3.05, 3.63) is 47.4 Å². The summed E-state index contributed by atoms with van der Waals surface area (Å²) >= 11 is 0. The summed E-state index contributed by atoms with van der Waals surface area (Å²) in [7, 11) is 0. The molecule has 0 spiro atoms. The summed E-state index contributed by atoms with van der Waals surface area (Å²) in [6.07, 6.45) is 3.85. The number of carbonyl (C=O) groups excluding carboxylic acids is 2. The third-order valence-corrected chi connectivity index (χ3v) is 5.93. The fourth-order valence-corrected chi connectivity index (χ4v) is 4.41. The Morgan fingerprint density at radius 1 is 1.32 bits per heavy atom. The molecule has 0 saturated carbocycles. The molecule has 1 saturated heterocycles. The Kier molecular flexibility index (Phi) is 4.97. The summed E-state index contributed by atoms with van der Waals surface area (Å²) in [5.74, 6) is 0.462. The van der Waals surface area contributed by atoms with Gasteiger partial charge in [-0.25, -0.2) is 4.68 Å². The highest BCUT2D eigenvalue weighted by Crippen LogP contribution is 2.38. The van der Waals surface area contributed by atoms with Gasteiger partial charge in [0.25, 0.3) is 5.89 Å². The van der Waals surface area contributed by atoms with E-state index in [4.69, 9.17) is 4.52 Å². The van der Waals surface area contributed by atoms with E-state index in [-0.39, 0.29) is 30.2 Å². The zero-order valence-corrected chi connectivity index (χ0v) is 17.2. The quantitative estimate of drug-likeness (QED) is 0.637. The van der Waals surface area contributed by atoms with Gasteiger partial charge < -0.3 is 14.7 Å². The van der Waals surface area contributed by atoms with E-state index in [9.17, 15) is 9.59 Å². The molecule has 5 rings (SSSR count). The number of benzene rings is 1. The topological polar surface area (TPSA) is 119 Å². The van der Waals surface area contributed by atoms with E-state index in [0.717, 1.165) is 12.8 Å². The van der Waals surface area contributed by atoms with Crippen LogP contribution in [0, 0.1) is 12.8 Å². The molecule has 1 aromatic carbocycles. The van der Waals surface area contributed by atoms with Gasteiger partial charge in [-0.1, -0.05) is 34.6 Å². The molecule has 10 heteroatoms. The van der Waals surface area contributed by atoms with Crippen LogP contribution in [0.25, 0.3) is 11.6 Å². The third-order valence-electron chi connectivity index (χ3n) is 5.93. The lowest BCUT2D eigenvalue weighted by atomic mass is 10.1. The normalized spacial score (nSPS) is 20.3. The first-order valence-corrected chi connectivity index (χ1v) is 10.4. The predicted octanol–water partition coefficient (Wildman–Crippen LogP) is 1.29. The van der Waals surface area contributed by atoms with Gasteiger partial charge in [-0.15, -0.1) is 5.10 Å². The van der Waals surface area contributed by atoms with Crippen LogP contribution in [0.5, 0.6) is 0 Å². The Hall–Kier alpha value is -3.56. The van der Waals surface area contributed by atoms with Gasteiger partial charge in [-0.05, 0) is 30.9 Å². The van der Waals surface area contributed by atoms with E-state index < -0.39 is 0 Å². The highest BCUT2D eigenvalue weighted by Gasteiger charge is 2.40. The smallest absolute Gasteiger partial charge is 0.280 e. The Morgan fingerprint density at radius 3 is 3.03 bits per heavy atom. The molecule has 0 radical (unpaired) electrons. The Bertz CT molecular complexity index is 1120. The molecule has 1 aliphatic heterocycles. The second-order valence-corrected chi connectivity index (χ2v) is 8.01. The van der Waals surface area contributed by atoms with Crippen molar-refractivity contribution in [1.82, 2.24) is 35.4 Å². The van der Waals surface area contributed by atoms with Crippen molar-refractivity contribution in [2.45, 2.75) is 38.8 Å². The minimum atomic E-state index is -0.326. The predicted molar refractivity (Wildman–Crippen MR) is 108 cm³/mol. The summed E-state index contributed by atoms with van der Waals surface area (Å²) < 4.78 is 6.68. The number of rotatable bonds is 6. The number of hydrogen-bond donors (Lipinski definition) is 1. The average molecular weight is 421 g/mol. The molecule has 160 valence electrons. The minimum absolute atomic E-state index is 0.0534. The monoisotopic (exact) mass is 421 g/mol.